The minimum Gasteiger partial charge on any atom is -0.486 e. The zero-order chi connectivity index (χ0) is 15.7. The van der Waals surface area contributed by atoms with Gasteiger partial charge in [-0.25, -0.2) is 4.98 Å². The number of halogens is 1. The Kier molecular flexibility index (Phi) is 4.01. The first-order chi connectivity index (χ1) is 10.6. The Morgan fingerprint density at radius 3 is 2.91 bits per heavy atom. The lowest BCUT2D eigenvalue weighted by atomic mass is 9.99. The molecule has 0 fully saturated rings. The predicted molar refractivity (Wildman–Crippen MR) is 82.0 cm³/mol. The molecule has 1 aliphatic rings. The van der Waals surface area contributed by atoms with Crippen LogP contribution in [0.1, 0.15) is 27.0 Å². The summed E-state index contributed by atoms with van der Waals surface area (Å²) in [4.78, 5) is 16.8. The molecule has 1 aliphatic heterocycles. The van der Waals surface area contributed by atoms with Gasteiger partial charge in [0.2, 0.25) is 0 Å². The number of carbonyl (C=O) groups excluding carboxylic acids is 1. The van der Waals surface area contributed by atoms with Gasteiger partial charge in [0.05, 0.1) is 11.1 Å². The van der Waals surface area contributed by atoms with E-state index in [0.717, 1.165) is 5.69 Å². The first-order valence-corrected chi connectivity index (χ1v) is 7.81. The third-order valence-electron chi connectivity index (χ3n) is 3.16. The number of hydrogen-bond acceptors (Lipinski definition) is 6. The van der Waals surface area contributed by atoms with Crippen LogP contribution in [0.4, 0.5) is 0 Å². The van der Waals surface area contributed by atoms with Crippen LogP contribution < -0.4 is 9.47 Å². The summed E-state index contributed by atoms with van der Waals surface area (Å²) in [5, 5.41) is 11.9. The maximum Gasteiger partial charge on any atom is 0.187 e. The monoisotopic (exact) mass is 334 g/mol. The molecule has 1 aromatic heterocycles. The number of thiazole rings is 1. The lowest BCUT2D eigenvalue weighted by molar-refractivity contribution is 0.0977. The molecule has 1 unspecified atom stereocenters. The fourth-order valence-corrected chi connectivity index (χ4v) is 3.25. The van der Waals surface area contributed by atoms with Crippen molar-refractivity contribution >= 4 is 28.7 Å². The molecule has 0 amide bonds. The van der Waals surface area contributed by atoms with E-state index in [1.165, 1.54) is 17.4 Å². The van der Waals surface area contributed by atoms with Crippen molar-refractivity contribution in [3.05, 3.63) is 38.8 Å². The molecule has 3 rings (SSSR count). The first kappa shape index (κ1) is 14.8. The zero-order valence-corrected chi connectivity index (χ0v) is 13.2. The molecule has 7 heteroatoms. The Morgan fingerprint density at radius 1 is 1.45 bits per heavy atom. The van der Waals surface area contributed by atoms with Gasteiger partial charge in [0.15, 0.2) is 23.2 Å². The van der Waals surface area contributed by atoms with Gasteiger partial charge in [-0.1, -0.05) is 11.6 Å². The number of aromatic nitrogens is 1. The summed E-state index contributed by atoms with van der Waals surface area (Å²) < 4.78 is 10.9. The number of nitriles is 1. The maximum absolute atomic E-state index is 12.6. The molecule has 0 spiro atoms. The van der Waals surface area contributed by atoms with E-state index in [1.54, 1.807) is 6.07 Å². The number of ether oxygens (including phenoxy) is 2. The summed E-state index contributed by atoms with van der Waals surface area (Å²) in [6.45, 7) is 2.63. The third kappa shape index (κ3) is 2.65. The Balaban J connectivity index is 1.98. The summed E-state index contributed by atoms with van der Waals surface area (Å²) >= 11 is 7.43. The number of rotatable bonds is 3. The molecule has 0 saturated heterocycles. The number of aryl methyl sites for hydroxylation is 1. The Bertz CT molecular complexity index is 782. The van der Waals surface area contributed by atoms with Gasteiger partial charge in [-0.15, -0.1) is 11.3 Å². The summed E-state index contributed by atoms with van der Waals surface area (Å²) in [6, 6.07) is 5.08. The maximum atomic E-state index is 12.6. The highest BCUT2D eigenvalue weighted by molar-refractivity contribution is 7.10. The average molecular weight is 335 g/mol. The second kappa shape index (κ2) is 5.95. The highest BCUT2D eigenvalue weighted by Gasteiger charge is 2.27. The SMILES string of the molecule is Cc1csc(C(C#N)C(=O)c2cc(Cl)c3c(c2)OCCO3)n1. The molecule has 112 valence electrons. The van der Waals surface area contributed by atoms with E-state index in [-0.39, 0.29) is 5.78 Å². The van der Waals surface area contributed by atoms with Gasteiger partial charge < -0.3 is 9.47 Å². The second-order valence-corrected chi connectivity index (χ2v) is 6.03. The van der Waals surface area contributed by atoms with Gasteiger partial charge in [-0.05, 0) is 19.1 Å². The standard InChI is InChI=1S/C15H11ClN2O3S/c1-8-7-22-15(18-8)10(6-17)13(19)9-4-11(16)14-12(5-9)20-2-3-21-14/h4-5,7,10H,2-3H2,1H3. The van der Waals surface area contributed by atoms with Crippen molar-refractivity contribution in [3.8, 4) is 17.6 Å². The lowest BCUT2D eigenvalue weighted by Gasteiger charge is -2.20. The molecule has 2 aromatic rings. The van der Waals surface area contributed by atoms with Gasteiger partial charge in [-0.2, -0.15) is 5.26 Å². The molecule has 1 atom stereocenters. The average Bonchev–Trinajstić information content (AvgIpc) is 2.94. The van der Waals surface area contributed by atoms with E-state index in [4.69, 9.17) is 21.1 Å². The van der Waals surface area contributed by atoms with Crippen molar-refractivity contribution in [2.45, 2.75) is 12.8 Å². The number of benzene rings is 1. The van der Waals surface area contributed by atoms with Gasteiger partial charge in [0.25, 0.3) is 0 Å². The van der Waals surface area contributed by atoms with Crippen molar-refractivity contribution in [1.29, 1.82) is 5.26 Å². The number of hydrogen-bond donors (Lipinski definition) is 0. The quantitative estimate of drug-likeness (QED) is 0.805. The normalized spacial score (nSPS) is 14.2. The highest BCUT2D eigenvalue weighted by atomic mass is 35.5. The van der Waals surface area contributed by atoms with Crippen molar-refractivity contribution < 1.29 is 14.3 Å². The van der Waals surface area contributed by atoms with Gasteiger partial charge in [0, 0.05) is 16.6 Å². The minimum atomic E-state index is -0.947. The van der Waals surface area contributed by atoms with Crippen LogP contribution in [0.25, 0.3) is 0 Å². The Labute approximate surface area is 136 Å². The Hall–Kier alpha value is -2.10. The number of Topliss-reactive ketones (excluding diaryl/α,β-unsaturated/α-hetero) is 1. The van der Waals surface area contributed by atoms with Crippen LogP contribution in [0, 0.1) is 18.3 Å². The highest BCUT2D eigenvalue weighted by Crippen LogP contribution is 2.39. The molecule has 1 aromatic carbocycles. The summed E-state index contributed by atoms with van der Waals surface area (Å²) in [5.74, 6) is -0.440. The lowest BCUT2D eigenvalue weighted by Crippen LogP contribution is -2.17. The summed E-state index contributed by atoms with van der Waals surface area (Å²) in [6.07, 6.45) is 0. The van der Waals surface area contributed by atoms with Gasteiger partial charge in [0.1, 0.15) is 18.2 Å². The van der Waals surface area contributed by atoms with Crippen molar-refractivity contribution in [2.24, 2.45) is 0 Å². The van der Waals surface area contributed by atoms with E-state index in [1.807, 2.05) is 18.4 Å². The van der Waals surface area contributed by atoms with Crippen LogP contribution >= 0.6 is 22.9 Å². The largest absolute Gasteiger partial charge is 0.486 e. The van der Waals surface area contributed by atoms with Crippen LogP contribution in [0.3, 0.4) is 0 Å². The molecule has 0 radical (unpaired) electrons. The van der Waals surface area contributed by atoms with E-state index in [0.29, 0.717) is 40.3 Å². The van der Waals surface area contributed by atoms with Crippen LogP contribution in [-0.2, 0) is 0 Å². The minimum absolute atomic E-state index is 0.299. The molecule has 0 N–H and O–H groups in total. The van der Waals surface area contributed by atoms with Crippen LogP contribution in [0.15, 0.2) is 17.5 Å². The topological polar surface area (TPSA) is 72.2 Å². The van der Waals surface area contributed by atoms with E-state index in [2.05, 4.69) is 4.98 Å². The second-order valence-electron chi connectivity index (χ2n) is 4.74. The molecular formula is C15H11ClN2O3S. The number of carbonyl (C=O) groups is 1. The van der Waals surface area contributed by atoms with Crippen LogP contribution in [0.5, 0.6) is 11.5 Å². The molecule has 2 heterocycles. The molecular weight excluding hydrogens is 324 g/mol. The zero-order valence-electron chi connectivity index (χ0n) is 11.6. The molecule has 5 nitrogen and oxygen atoms in total. The van der Waals surface area contributed by atoms with Crippen molar-refractivity contribution in [2.75, 3.05) is 13.2 Å². The van der Waals surface area contributed by atoms with Crippen LogP contribution in [-0.4, -0.2) is 24.0 Å². The molecule has 0 saturated carbocycles. The van der Waals surface area contributed by atoms with Crippen LogP contribution in [0.2, 0.25) is 5.02 Å². The Morgan fingerprint density at radius 2 is 2.23 bits per heavy atom. The molecule has 0 bridgehead atoms. The molecule has 22 heavy (non-hydrogen) atoms. The predicted octanol–water partition coefficient (Wildman–Crippen LogP) is 3.37. The summed E-state index contributed by atoms with van der Waals surface area (Å²) in [7, 11) is 0. The van der Waals surface area contributed by atoms with Crippen molar-refractivity contribution in [1.82, 2.24) is 4.98 Å². The van der Waals surface area contributed by atoms with E-state index < -0.39 is 5.92 Å². The fraction of sp³-hybridized carbons (Fsp3) is 0.267. The van der Waals surface area contributed by atoms with E-state index >= 15 is 0 Å². The third-order valence-corrected chi connectivity index (χ3v) is 4.46. The van der Waals surface area contributed by atoms with Gasteiger partial charge in [-0.3, -0.25) is 4.79 Å². The number of fused-ring (bicyclic) bond motifs is 1. The fourth-order valence-electron chi connectivity index (χ4n) is 2.15. The molecule has 0 aliphatic carbocycles. The smallest absolute Gasteiger partial charge is 0.187 e. The number of nitrogens with zero attached hydrogens (tertiary/aromatic N) is 2. The van der Waals surface area contributed by atoms with Crippen molar-refractivity contribution in [3.63, 3.8) is 0 Å². The number of ketones is 1. The van der Waals surface area contributed by atoms with Gasteiger partial charge >= 0.3 is 0 Å². The summed E-state index contributed by atoms with van der Waals surface area (Å²) in [5.41, 5.74) is 1.10. The first-order valence-electron chi connectivity index (χ1n) is 6.55. The van der Waals surface area contributed by atoms with E-state index in [9.17, 15) is 10.1 Å².